The van der Waals surface area contributed by atoms with Crippen LogP contribution >= 0.6 is 0 Å². The topological polar surface area (TPSA) is 56.2 Å². The smallest absolute Gasteiger partial charge is 0.136 e. The van der Waals surface area contributed by atoms with Crippen molar-refractivity contribution in [1.29, 1.82) is 0 Å². The highest BCUT2D eigenvalue weighted by Crippen LogP contribution is 2.07. The first-order chi connectivity index (χ1) is 6.27. The average molecular weight is 176 g/mol. The molecule has 13 heavy (non-hydrogen) atoms. The molecule has 0 aliphatic heterocycles. The fourth-order valence-electron chi connectivity index (χ4n) is 1.40. The van der Waals surface area contributed by atoms with Crippen LogP contribution in [0.5, 0.6) is 0 Å². The summed E-state index contributed by atoms with van der Waals surface area (Å²) in [5, 5.41) is 4.14. The zero-order valence-electron chi connectivity index (χ0n) is 7.51. The fraction of sp³-hybridized carbons (Fsp3) is 0.333. The van der Waals surface area contributed by atoms with Crippen LogP contribution in [0.1, 0.15) is 12.6 Å². The normalized spacial score (nSPS) is 13.4. The lowest BCUT2D eigenvalue weighted by Gasteiger charge is -2.03. The first-order valence-electron chi connectivity index (χ1n) is 4.29. The molecule has 0 aliphatic rings. The Morgan fingerprint density at radius 2 is 2.38 bits per heavy atom. The molecule has 0 fully saturated rings. The predicted octanol–water partition coefficient (Wildman–Crippen LogP) is 0.619. The molecule has 2 N–H and O–H groups in total. The SMILES string of the molecule is CC(N)Cc1ccc2cncnn12. The maximum atomic E-state index is 5.72. The van der Waals surface area contributed by atoms with Crippen molar-refractivity contribution in [2.45, 2.75) is 19.4 Å². The number of rotatable bonds is 2. The van der Waals surface area contributed by atoms with Crippen LogP contribution in [0.4, 0.5) is 0 Å². The Hall–Kier alpha value is -1.42. The van der Waals surface area contributed by atoms with E-state index in [0.717, 1.165) is 17.6 Å². The summed E-state index contributed by atoms with van der Waals surface area (Å²) in [6.07, 6.45) is 4.17. The number of nitrogens with two attached hydrogens (primary N) is 1. The molecule has 0 radical (unpaired) electrons. The summed E-state index contributed by atoms with van der Waals surface area (Å²) in [4.78, 5) is 3.94. The van der Waals surface area contributed by atoms with Crippen LogP contribution in [0.15, 0.2) is 24.7 Å². The van der Waals surface area contributed by atoms with Crippen LogP contribution in [0.2, 0.25) is 0 Å². The van der Waals surface area contributed by atoms with Gasteiger partial charge in [-0.2, -0.15) is 5.10 Å². The van der Waals surface area contributed by atoms with Gasteiger partial charge in [0.05, 0.1) is 11.7 Å². The second-order valence-electron chi connectivity index (χ2n) is 3.25. The highest BCUT2D eigenvalue weighted by atomic mass is 15.2. The van der Waals surface area contributed by atoms with Crippen LogP contribution in [0, 0.1) is 0 Å². The third-order valence-corrected chi connectivity index (χ3v) is 1.93. The zero-order chi connectivity index (χ0) is 9.26. The molecular weight excluding hydrogens is 164 g/mol. The van der Waals surface area contributed by atoms with E-state index in [1.807, 2.05) is 23.6 Å². The van der Waals surface area contributed by atoms with E-state index in [1.54, 1.807) is 6.20 Å². The van der Waals surface area contributed by atoms with Crippen molar-refractivity contribution in [3.8, 4) is 0 Å². The van der Waals surface area contributed by atoms with Crippen LogP contribution in [0.25, 0.3) is 5.52 Å². The van der Waals surface area contributed by atoms with Crippen molar-refractivity contribution >= 4 is 5.52 Å². The number of hydrogen-bond acceptors (Lipinski definition) is 3. The van der Waals surface area contributed by atoms with Gasteiger partial charge >= 0.3 is 0 Å². The largest absolute Gasteiger partial charge is 0.328 e. The van der Waals surface area contributed by atoms with Gasteiger partial charge < -0.3 is 5.73 Å². The summed E-state index contributed by atoms with van der Waals surface area (Å²) >= 11 is 0. The van der Waals surface area contributed by atoms with Crippen molar-refractivity contribution in [1.82, 2.24) is 14.6 Å². The van der Waals surface area contributed by atoms with Gasteiger partial charge in [-0.25, -0.2) is 9.50 Å². The van der Waals surface area contributed by atoms with E-state index in [4.69, 9.17) is 5.73 Å². The van der Waals surface area contributed by atoms with Gasteiger partial charge in [-0.3, -0.25) is 0 Å². The van der Waals surface area contributed by atoms with Crippen molar-refractivity contribution in [3.05, 3.63) is 30.4 Å². The van der Waals surface area contributed by atoms with E-state index in [2.05, 4.69) is 10.1 Å². The Morgan fingerprint density at radius 3 is 3.15 bits per heavy atom. The molecule has 2 aromatic heterocycles. The summed E-state index contributed by atoms with van der Waals surface area (Å²) in [7, 11) is 0. The molecule has 2 heterocycles. The predicted molar refractivity (Wildman–Crippen MR) is 50.3 cm³/mol. The molecule has 0 amide bonds. The van der Waals surface area contributed by atoms with E-state index < -0.39 is 0 Å². The Labute approximate surface area is 76.4 Å². The van der Waals surface area contributed by atoms with Crippen molar-refractivity contribution < 1.29 is 0 Å². The number of fused-ring (bicyclic) bond motifs is 1. The molecule has 0 bridgehead atoms. The maximum Gasteiger partial charge on any atom is 0.136 e. The molecule has 4 nitrogen and oxygen atoms in total. The molecule has 0 spiro atoms. The molecule has 0 aromatic carbocycles. The van der Waals surface area contributed by atoms with Crippen molar-refractivity contribution in [2.24, 2.45) is 5.73 Å². The second-order valence-corrected chi connectivity index (χ2v) is 3.25. The highest BCUT2D eigenvalue weighted by Gasteiger charge is 2.03. The number of hydrogen-bond donors (Lipinski definition) is 1. The van der Waals surface area contributed by atoms with Crippen molar-refractivity contribution in [2.75, 3.05) is 0 Å². The molecule has 4 heteroatoms. The Morgan fingerprint density at radius 1 is 1.54 bits per heavy atom. The lowest BCUT2D eigenvalue weighted by atomic mass is 10.2. The van der Waals surface area contributed by atoms with Crippen molar-refractivity contribution in [3.63, 3.8) is 0 Å². The molecular formula is C9H12N4. The zero-order valence-corrected chi connectivity index (χ0v) is 7.51. The minimum atomic E-state index is 0.160. The quantitative estimate of drug-likeness (QED) is 0.729. The third kappa shape index (κ3) is 1.53. The Balaban J connectivity index is 2.46. The molecule has 2 aromatic rings. The van der Waals surface area contributed by atoms with Crippen LogP contribution in [-0.4, -0.2) is 20.6 Å². The molecule has 68 valence electrons. The van der Waals surface area contributed by atoms with Gasteiger partial charge in [-0.1, -0.05) is 0 Å². The van der Waals surface area contributed by atoms with Gasteiger partial charge in [0.1, 0.15) is 6.33 Å². The first kappa shape index (κ1) is 8.19. The van der Waals surface area contributed by atoms with Gasteiger partial charge in [0, 0.05) is 18.2 Å². The fourth-order valence-corrected chi connectivity index (χ4v) is 1.40. The van der Waals surface area contributed by atoms with Crippen LogP contribution in [-0.2, 0) is 6.42 Å². The lowest BCUT2D eigenvalue weighted by Crippen LogP contribution is -2.19. The van der Waals surface area contributed by atoms with Gasteiger partial charge in [-0.15, -0.1) is 0 Å². The summed E-state index contributed by atoms with van der Waals surface area (Å²) in [6.45, 7) is 1.99. The minimum absolute atomic E-state index is 0.160. The summed E-state index contributed by atoms with van der Waals surface area (Å²) in [5.41, 5.74) is 7.86. The van der Waals surface area contributed by atoms with Crippen LogP contribution in [0.3, 0.4) is 0 Å². The third-order valence-electron chi connectivity index (χ3n) is 1.93. The Bertz CT molecular complexity index is 405. The number of aromatic nitrogens is 3. The lowest BCUT2D eigenvalue weighted by molar-refractivity contribution is 0.697. The Kier molecular flexibility index (Phi) is 1.98. The molecule has 1 atom stereocenters. The van der Waals surface area contributed by atoms with Gasteiger partial charge in [-0.05, 0) is 19.1 Å². The van der Waals surface area contributed by atoms with E-state index in [0.29, 0.717) is 0 Å². The van der Waals surface area contributed by atoms with E-state index >= 15 is 0 Å². The monoisotopic (exact) mass is 176 g/mol. The van der Waals surface area contributed by atoms with Crippen LogP contribution < -0.4 is 5.73 Å². The molecule has 0 aliphatic carbocycles. The van der Waals surface area contributed by atoms with E-state index in [-0.39, 0.29) is 6.04 Å². The molecule has 2 rings (SSSR count). The first-order valence-corrected chi connectivity index (χ1v) is 4.29. The van der Waals surface area contributed by atoms with E-state index in [1.165, 1.54) is 6.33 Å². The van der Waals surface area contributed by atoms with Gasteiger partial charge in [0.15, 0.2) is 0 Å². The minimum Gasteiger partial charge on any atom is -0.328 e. The van der Waals surface area contributed by atoms with Gasteiger partial charge in [0.2, 0.25) is 0 Å². The standard InChI is InChI=1S/C9H12N4/c1-7(10)4-8-2-3-9-5-11-6-12-13(8)9/h2-3,5-7H,4,10H2,1H3. The maximum absolute atomic E-state index is 5.72. The summed E-state index contributed by atoms with van der Waals surface area (Å²) in [5.74, 6) is 0. The van der Waals surface area contributed by atoms with Gasteiger partial charge in [0.25, 0.3) is 0 Å². The van der Waals surface area contributed by atoms with E-state index in [9.17, 15) is 0 Å². The molecule has 1 unspecified atom stereocenters. The highest BCUT2D eigenvalue weighted by molar-refractivity contribution is 5.45. The molecule has 0 saturated carbocycles. The average Bonchev–Trinajstić information content (AvgIpc) is 2.48. The molecule has 0 saturated heterocycles. The second kappa shape index (κ2) is 3.14. The number of nitrogens with zero attached hydrogens (tertiary/aromatic N) is 3. The summed E-state index contributed by atoms with van der Waals surface area (Å²) < 4.78 is 1.87. The summed E-state index contributed by atoms with van der Waals surface area (Å²) in [6, 6.07) is 4.19.